The van der Waals surface area contributed by atoms with Gasteiger partial charge < -0.3 is 5.32 Å². The molecule has 1 aliphatic heterocycles. The van der Waals surface area contributed by atoms with E-state index in [4.69, 9.17) is 9.97 Å². The second-order valence-electron chi connectivity index (χ2n) is 15.6. The summed E-state index contributed by atoms with van der Waals surface area (Å²) in [5.74, 6) is 0. The van der Waals surface area contributed by atoms with Crippen LogP contribution in [-0.2, 0) is 0 Å². The first-order valence-corrected chi connectivity index (χ1v) is 21.0. The molecule has 0 saturated carbocycles. The lowest BCUT2D eigenvalue weighted by molar-refractivity contribution is 0.999. The van der Waals surface area contributed by atoms with Crippen LogP contribution in [0.4, 0.5) is 0 Å². The first-order valence-electron chi connectivity index (χ1n) is 21.0. The molecule has 0 spiro atoms. The van der Waals surface area contributed by atoms with Crippen molar-refractivity contribution in [2.24, 2.45) is 0 Å². The molecule has 0 unspecified atom stereocenters. The summed E-state index contributed by atoms with van der Waals surface area (Å²) in [7, 11) is 0. The van der Waals surface area contributed by atoms with Crippen LogP contribution in [0.25, 0.3) is 101 Å². The Morgan fingerprint density at radius 3 is 1.42 bits per heavy atom. The summed E-state index contributed by atoms with van der Waals surface area (Å²) in [5.41, 5.74) is 18.8. The fourth-order valence-electron chi connectivity index (χ4n) is 8.32. The van der Waals surface area contributed by atoms with E-state index >= 15 is 0 Å². The van der Waals surface area contributed by atoms with Crippen molar-refractivity contribution >= 4 is 34.2 Å². The van der Waals surface area contributed by atoms with Crippen molar-refractivity contribution < 1.29 is 0 Å². The zero-order valence-electron chi connectivity index (χ0n) is 34.3. The molecule has 0 radical (unpaired) electrons. The van der Waals surface area contributed by atoms with Gasteiger partial charge in [-0.05, 0) is 122 Å². The topological polar surface area (TPSA) is 37.8 Å². The molecule has 2 aromatic heterocycles. The Labute approximate surface area is 363 Å². The van der Waals surface area contributed by atoms with E-state index in [1.807, 2.05) is 18.2 Å². The third-order valence-corrected chi connectivity index (χ3v) is 11.6. The van der Waals surface area contributed by atoms with Gasteiger partial charge >= 0.3 is 0 Å². The van der Waals surface area contributed by atoms with Gasteiger partial charge in [0.25, 0.3) is 0 Å². The lowest BCUT2D eigenvalue weighted by Gasteiger charge is -2.19. The highest BCUT2D eigenvalue weighted by Crippen LogP contribution is 2.39. The monoisotopic (exact) mass is 793 g/mol. The number of allylic oxidation sites excluding steroid dienone is 2. The highest BCUT2D eigenvalue weighted by Gasteiger charge is 2.17. The SMILES string of the molecule is C=Cc1ccc(-c2cc(-c3cc(C4=CCNC(c5ccccc5)=C4)cc(-c4cc(-c5ccccc5)nc(-c5ccc6ccccc6c5)c4)c3)cc(-c3ccccc3)n2)cc1C=C. The zero-order chi connectivity index (χ0) is 41.8. The van der Waals surface area contributed by atoms with Crippen LogP contribution >= 0.6 is 0 Å². The fraction of sp³-hybridized carbons (Fsp3) is 0.0169. The van der Waals surface area contributed by atoms with E-state index in [2.05, 4.69) is 219 Å². The maximum absolute atomic E-state index is 5.31. The Morgan fingerprint density at radius 2 is 0.839 bits per heavy atom. The predicted octanol–water partition coefficient (Wildman–Crippen LogP) is 14.9. The minimum Gasteiger partial charge on any atom is -0.381 e. The van der Waals surface area contributed by atoms with Crippen molar-refractivity contribution in [3.05, 3.63) is 242 Å². The van der Waals surface area contributed by atoms with Gasteiger partial charge in [0.2, 0.25) is 0 Å². The number of fused-ring (bicyclic) bond motifs is 1. The van der Waals surface area contributed by atoms with Crippen LogP contribution in [0, 0.1) is 0 Å². The van der Waals surface area contributed by atoms with Crippen LogP contribution in [-0.4, -0.2) is 16.5 Å². The van der Waals surface area contributed by atoms with Crippen LogP contribution < -0.4 is 5.32 Å². The van der Waals surface area contributed by atoms with Crippen LogP contribution in [0.2, 0.25) is 0 Å². The zero-order valence-corrected chi connectivity index (χ0v) is 34.3. The summed E-state index contributed by atoms with van der Waals surface area (Å²) >= 11 is 0. The summed E-state index contributed by atoms with van der Waals surface area (Å²) in [6, 6.07) is 68.8. The molecule has 0 fully saturated rings. The normalized spacial score (nSPS) is 12.3. The smallest absolute Gasteiger partial charge is 0.0715 e. The van der Waals surface area contributed by atoms with E-state index < -0.39 is 0 Å². The van der Waals surface area contributed by atoms with E-state index in [0.717, 1.165) is 107 Å². The van der Waals surface area contributed by atoms with Crippen molar-refractivity contribution in [2.75, 3.05) is 6.54 Å². The summed E-state index contributed by atoms with van der Waals surface area (Å²) in [5, 5.41) is 6.00. The molecule has 0 atom stereocenters. The number of benzene rings is 7. The van der Waals surface area contributed by atoms with Gasteiger partial charge in [-0.1, -0.05) is 171 Å². The van der Waals surface area contributed by atoms with Gasteiger partial charge in [-0.25, -0.2) is 9.97 Å². The van der Waals surface area contributed by atoms with Crippen molar-refractivity contribution in [2.45, 2.75) is 0 Å². The lowest BCUT2D eigenvalue weighted by Crippen LogP contribution is -2.16. The molecule has 294 valence electrons. The fourth-order valence-corrected chi connectivity index (χ4v) is 8.32. The number of pyridine rings is 2. The van der Waals surface area contributed by atoms with E-state index in [-0.39, 0.29) is 0 Å². The molecular formula is C59H43N3. The molecule has 10 rings (SSSR count). The first-order chi connectivity index (χ1) is 30.6. The molecule has 9 aromatic rings. The Hall–Kier alpha value is -8.14. The summed E-state index contributed by atoms with van der Waals surface area (Å²) in [6.07, 6.45) is 8.30. The van der Waals surface area contributed by atoms with Crippen molar-refractivity contribution in [1.82, 2.24) is 15.3 Å². The molecule has 0 saturated heterocycles. The third kappa shape index (κ3) is 7.83. The maximum Gasteiger partial charge on any atom is 0.0715 e. The first kappa shape index (κ1) is 38.1. The number of nitrogens with zero attached hydrogens (tertiary/aromatic N) is 2. The number of aromatic nitrogens is 2. The third-order valence-electron chi connectivity index (χ3n) is 11.6. The van der Waals surface area contributed by atoms with Gasteiger partial charge in [-0.15, -0.1) is 0 Å². The predicted molar refractivity (Wildman–Crippen MR) is 263 cm³/mol. The molecule has 3 heteroatoms. The maximum atomic E-state index is 5.31. The van der Waals surface area contributed by atoms with Gasteiger partial charge in [0, 0.05) is 34.5 Å². The molecule has 7 aromatic carbocycles. The second kappa shape index (κ2) is 16.8. The quantitative estimate of drug-likeness (QED) is 0.150. The second-order valence-corrected chi connectivity index (χ2v) is 15.6. The van der Waals surface area contributed by atoms with Crippen molar-refractivity contribution in [3.63, 3.8) is 0 Å². The van der Waals surface area contributed by atoms with Crippen LogP contribution in [0.5, 0.6) is 0 Å². The van der Waals surface area contributed by atoms with Crippen molar-refractivity contribution in [1.29, 1.82) is 0 Å². The average Bonchev–Trinajstić information content (AvgIpc) is 3.36. The highest BCUT2D eigenvalue weighted by molar-refractivity contribution is 5.92. The highest BCUT2D eigenvalue weighted by atomic mass is 14.9. The van der Waals surface area contributed by atoms with Crippen molar-refractivity contribution in [3.8, 4) is 67.3 Å². The molecule has 1 aliphatic rings. The van der Waals surface area contributed by atoms with Gasteiger partial charge in [0.15, 0.2) is 0 Å². The Kier molecular flexibility index (Phi) is 10.3. The van der Waals surface area contributed by atoms with E-state index in [0.29, 0.717) is 0 Å². The molecule has 0 amide bonds. The standard InChI is InChI=1S/C59H43N3/c1-3-40-24-26-48(30-41(40)4-2)58-38-53(36-56(61-58)44-19-10-6-11-20-44)51-32-50(47-28-29-60-55(35-47)43-17-8-5-9-18-43)33-52(34-51)54-37-57(45-21-12-7-13-22-45)62-59(39-54)49-27-25-42-16-14-15-23-46(42)31-49/h3-28,30-39,60H,1-2,29H2. The minimum atomic E-state index is 0.721. The largest absolute Gasteiger partial charge is 0.381 e. The average molecular weight is 794 g/mol. The summed E-state index contributed by atoms with van der Waals surface area (Å²) in [6.45, 7) is 8.85. The van der Waals surface area contributed by atoms with Gasteiger partial charge in [0.05, 0.1) is 22.8 Å². The molecular weight excluding hydrogens is 751 g/mol. The molecule has 1 N–H and O–H groups in total. The molecule has 3 nitrogen and oxygen atoms in total. The van der Waals surface area contributed by atoms with Gasteiger partial charge in [0.1, 0.15) is 0 Å². The van der Waals surface area contributed by atoms with Crippen LogP contribution in [0.3, 0.4) is 0 Å². The number of dihydropyridines is 1. The van der Waals surface area contributed by atoms with E-state index in [1.54, 1.807) is 0 Å². The number of hydrogen-bond acceptors (Lipinski definition) is 3. The molecule has 62 heavy (non-hydrogen) atoms. The van der Waals surface area contributed by atoms with E-state index in [9.17, 15) is 0 Å². The molecule has 0 aliphatic carbocycles. The Balaban J connectivity index is 1.20. The number of rotatable bonds is 10. The molecule has 0 bridgehead atoms. The number of nitrogens with one attached hydrogen (secondary N) is 1. The summed E-state index contributed by atoms with van der Waals surface area (Å²) < 4.78 is 0. The Bertz CT molecular complexity index is 3200. The van der Waals surface area contributed by atoms with Gasteiger partial charge in [-0.2, -0.15) is 0 Å². The van der Waals surface area contributed by atoms with Gasteiger partial charge in [-0.3, -0.25) is 0 Å². The summed E-state index contributed by atoms with van der Waals surface area (Å²) in [4.78, 5) is 10.6. The van der Waals surface area contributed by atoms with E-state index in [1.165, 1.54) is 10.8 Å². The minimum absolute atomic E-state index is 0.721. The Morgan fingerprint density at radius 1 is 0.371 bits per heavy atom. The number of hydrogen-bond donors (Lipinski definition) is 1. The van der Waals surface area contributed by atoms with Crippen LogP contribution in [0.1, 0.15) is 22.3 Å². The lowest BCUT2D eigenvalue weighted by atomic mass is 9.90. The molecule has 3 heterocycles. The van der Waals surface area contributed by atoms with Crippen LogP contribution in [0.15, 0.2) is 219 Å².